The van der Waals surface area contributed by atoms with E-state index in [1.54, 1.807) is 0 Å². The number of aliphatic hydroxyl groups excluding tert-OH is 8. The van der Waals surface area contributed by atoms with Gasteiger partial charge in [-0.15, -0.1) is 0 Å². The third-order valence-electron chi connectivity index (χ3n) is 25.2. The number of nitrogens with zero attached hydrogens (tertiary/aromatic N) is 8. The molecule has 16 heterocycles. The molecule has 16 rings (SSSR count). The molecule has 16 aliphatic rings. The molecule has 0 spiro atoms. The first-order valence-electron chi connectivity index (χ1n) is 33.8. The Labute approximate surface area is 505 Å². The van der Waals surface area contributed by atoms with Gasteiger partial charge in [0.25, 0.3) is 0 Å². The fourth-order valence-electron chi connectivity index (χ4n) is 19.4. The summed E-state index contributed by atoms with van der Waals surface area (Å²) in [5.74, 6) is 0. The summed E-state index contributed by atoms with van der Waals surface area (Å²) >= 11 is 3.57. The molecule has 16 fully saturated rings. The fraction of sp³-hybridized carbons (Fsp3) is 1.00. The van der Waals surface area contributed by atoms with Gasteiger partial charge in [-0.05, 0) is 262 Å². The van der Waals surface area contributed by atoms with E-state index in [9.17, 15) is 40.9 Å². The summed E-state index contributed by atoms with van der Waals surface area (Å²) in [5, 5.41) is 76.3. The molecule has 0 saturated carbocycles. The summed E-state index contributed by atoms with van der Waals surface area (Å²) in [6, 6.07) is 10.3. The smallest absolute Gasteiger partial charge is 0.0573 e. The average Bonchev–Trinajstić information content (AvgIpc) is 4.22. The molecular weight excluding hydrogens is 1100 g/mol. The van der Waals surface area contributed by atoms with E-state index in [2.05, 4.69) is 112 Å². The fourth-order valence-corrected chi connectivity index (χ4v) is 20.4. The van der Waals surface area contributed by atoms with E-state index in [1.165, 1.54) is 103 Å². The van der Waals surface area contributed by atoms with Crippen molar-refractivity contribution in [3.63, 3.8) is 0 Å². The molecule has 17 heteroatoms. The Hall–Kier alpha value is -0.160. The number of hydrogen-bond donors (Lipinski definition) is 8. The molecule has 16 aliphatic heterocycles. The minimum atomic E-state index is -0.0637. The van der Waals surface area contributed by atoms with Crippen molar-refractivity contribution in [3.05, 3.63) is 0 Å². The lowest BCUT2D eigenvalue weighted by Gasteiger charge is -2.43. The Bertz CT molecular complexity index is 1530. The van der Waals surface area contributed by atoms with Crippen molar-refractivity contribution in [1.29, 1.82) is 0 Å². The maximum Gasteiger partial charge on any atom is 0.0573 e. The summed E-state index contributed by atoms with van der Waals surface area (Å²) in [6.07, 6.45) is 36.7. The minimum absolute atomic E-state index is 0.00583. The van der Waals surface area contributed by atoms with Crippen molar-refractivity contribution in [2.24, 2.45) is 0 Å². The molecule has 0 aromatic heterocycles. The lowest BCUT2D eigenvalue weighted by atomic mass is 9.89. The molecule has 17 atom stereocenters. The first-order valence-corrected chi connectivity index (χ1v) is 35.0. The monoisotopic (exact) mass is 1220 g/mol. The number of fused-ring (bicyclic) bond motifs is 16. The highest BCUT2D eigenvalue weighted by atomic mass is 79.9. The van der Waals surface area contributed by atoms with Crippen LogP contribution in [0.2, 0.25) is 0 Å². The van der Waals surface area contributed by atoms with E-state index in [-0.39, 0.29) is 54.4 Å². The summed E-state index contributed by atoms with van der Waals surface area (Å²) in [5.41, 5.74) is 0.266. The lowest BCUT2D eigenvalue weighted by molar-refractivity contribution is 0.00858. The van der Waals surface area contributed by atoms with Gasteiger partial charge in [-0.25, -0.2) is 0 Å². The topological polar surface area (TPSA) is 188 Å². The van der Waals surface area contributed by atoms with Gasteiger partial charge < -0.3 is 75.2 Å². The van der Waals surface area contributed by atoms with Crippen LogP contribution in [-0.4, -0.2) is 287 Å². The number of alkyl halides is 1. The molecule has 8 N–H and O–H groups in total. The predicted molar refractivity (Wildman–Crippen MR) is 331 cm³/mol. The SMILES string of the molecule is CN1C2CCC1(CBr)CC(O)C2.CN1C2CCC1CC(O)C2.CN1C2CCC1CC(O)C2.CN1C2CCC1CC(O)C2.CN1C2CCC1CC(O)C2.CN1C2CCC1CC(O)C2.CN1C2CCC1CC(O)C2.CN1C2CCC1CC(O)C2. The zero-order valence-electron chi connectivity index (χ0n) is 52.6. The Morgan fingerprint density at radius 3 is 0.573 bits per heavy atom. The van der Waals surface area contributed by atoms with Gasteiger partial charge in [-0.3, -0.25) is 4.90 Å². The van der Waals surface area contributed by atoms with E-state index in [0.717, 1.165) is 108 Å². The highest BCUT2D eigenvalue weighted by Crippen LogP contribution is 2.44. The van der Waals surface area contributed by atoms with Crippen LogP contribution >= 0.6 is 15.9 Å². The van der Waals surface area contributed by atoms with E-state index >= 15 is 0 Å². The second kappa shape index (κ2) is 29.6. The second-order valence-electron chi connectivity index (χ2n) is 30.0. The Morgan fingerprint density at radius 1 is 0.256 bits per heavy atom. The number of hydrogen-bond acceptors (Lipinski definition) is 16. The maximum absolute atomic E-state index is 9.66. The van der Waals surface area contributed by atoms with Gasteiger partial charge in [-0.1, -0.05) is 15.9 Å². The third-order valence-corrected chi connectivity index (χ3v) is 26.2. The quantitative estimate of drug-likeness (QED) is 0.152. The second-order valence-corrected chi connectivity index (χ2v) is 30.5. The van der Waals surface area contributed by atoms with Gasteiger partial charge in [0.1, 0.15) is 0 Å². The van der Waals surface area contributed by atoms with Crippen LogP contribution in [-0.2, 0) is 0 Å². The van der Waals surface area contributed by atoms with E-state index in [0.29, 0.717) is 90.6 Å². The first-order chi connectivity index (χ1) is 39.1. The molecule has 16 saturated heterocycles. The summed E-state index contributed by atoms with van der Waals surface area (Å²) in [6.45, 7) is 0. The van der Waals surface area contributed by atoms with Crippen molar-refractivity contribution in [2.45, 2.75) is 350 Å². The largest absolute Gasteiger partial charge is 0.393 e. The van der Waals surface area contributed by atoms with Crippen LogP contribution in [0.15, 0.2) is 0 Å². The van der Waals surface area contributed by atoms with Crippen molar-refractivity contribution in [1.82, 2.24) is 39.2 Å². The van der Waals surface area contributed by atoms with Crippen LogP contribution in [0.4, 0.5) is 0 Å². The van der Waals surface area contributed by atoms with Gasteiger partial charge in [0.05, 0.1) is 48.8 Å². The van der Waals surface area contributed by atoms with E-state index in [4.69, 9.17) is 0 Å². The molecule has 0 aromatic rings. The molecule has 0 radical (unpaired) electrons. The minimum Gasteiger partial charge on any atom is -0.393 e. The van der Waals surface area contributed by atoms with Gasteiger partial charge in [-0.2, -0.15) is 0 Å². The van der Waals surface area contributed by atoms with Crippen LogP contribution < -0.4 is 0 Å². The zero-order valence-corrected chi connectivity index (χ0v) is 54.2. The lowest BCUT2D eigenvalue weighted by Crippen LogP contribution is -2.53. The van der Waals surface area contributed by atoms with E-state index < -0.39 is 0 Å². The first kappa shape index (κ1) is 66.3. The molecule has 0 aromatic carbocycles. The standard InChI is InChI=1S/C9H16BrNO.7C8H15NO/c1-11-7-2-3-9(11,6-10)5-8(12)4-7;7*1-9-6-2-3-7(9)5-8(10)4-6/h7-8,12H,2-6H2,1H3;7*6-8,10H,2-5H2,1H3. The zero-order chi connectivity index (χ0) is 58.7. The van der Waals surface area contributed by atoms with Crippen LogP contribution in [0.5, 0.6) is 0 Å². The Balaban J connectivity index is 0.000000113. The number of halogens is 1. The van der Waals surface area contributed by atoms with Crippen LogP contribution in [0, 0.1) is 0 Å². The average molecular weight is 1220 g/mol. The normalized spacial score (nSPS) is 48.0. The highest BCUT2D eigenvalue weighted by Gasteiger charge is 2.49. The molecule has 17 unspecified atom stereocenters. The number of piperidine rings is 8. The van der Waals surface area contributed by atoms with Crippen LogP contribution in [0.3, 0.4) is 0 Å². The predicted octanol–water partition coefficient (Wildman–Crippen LogP) is 5.60. The van der Waals surface area contributed by atoms with Gasteiger partial charge >= 0.3 is 0 Å². The van der Waals surface area contributed by atoms with Gasteiger partial charge in [0, 0.05) is 101 Å². The highest BCUT2D eigenvalue weighted by molar-refractivity contribution is 9.09. The number of rotatable bonds is 1. The van der Waals surface area contributed by atoms with Crippen molar-refractivity contribution in [2.75, 3.05) is 61.7 Å². The summed E-state index contributed by atoms with van der Waals surface area (Å²) in [7, 11) is 17.5. The number of aliphatic hydroxyl groups is 8. The molecule has 16 bridgehead atoms. The Kier molecular flexibility index (Phi) is 24.0. The summed E-state index contributed by atoms with van der Waals surface area (Å²) < 4.78 is 0. The van der Waals surface area contributed by atoms with Crippen molar-refractivity contribution in [3.8, 4) is 0 Å². The van der Waals surface area contributed by atoms with Gasteiger partial charge in [0.2, 0.25) is 0 Å². The molecule has 0 aliphatic carbocycles. The molecule has 82 heavy (non-hydrogen) atoms. The van der Waals surface area contributed by atoms with Crippen LogP contribution in [0.25, 0.3) is 0 Å². The van der Waals surface area contributed by atoms with Gasteiger partial charge in [0.15, 0.2) is 0 Å². The Morgan fingerprint density at radius 2 is 0.415 bits per heavy atom. The molecule has 16 nitrogen and oxygen atoms in total. The summed E-state index contributed by atoms with van der Waals surface area (Å²) in [4.78, 5) is 19.5. The van der Waals surface area contributed by atoms with Crippen LogP contribution in [0.1, 0.15) is 205 Å². The molecular formula is C65H121BrN8O8. The van der Waals surface area contributed by atoms with Crippen molar-refractivity contribution >= 4 is 15.9 Å². The van der Waals surface area contributed by atoms with Crippen molar-refractivity contribution < 1.29 is 40.9 Å². The van der Waals surface area contributed by atoms with E-state index in [1.807, 2.05) is 0 Å². The maximum atomic E-state index is 9.66. The molecule has 0 amide bonds. The third kappa shape index (κ3) is 16.2. The molecule has 476 valence electrons.